The maximum absolute atomic E-state index is 11.3. The third-order valence-electron chi connectivity index (χ3n) is 4.50. The lowest BCUT2D eigenvalue weighted by Crippen LogP contribution is -2.12. The number of nitrogens with two attached hydrogens (primary N) is 1. The van der Waals surface area contributed by atoms with Gasteiger partial charge in [-0.3, -0.25) is 0 Å². The molecule has 0 heterocycles. The highest BCUT2D eigenvalue weighted by Gasteiger charge is 2.08. The van der Waals surface area contributed by atoms with Crippen LogP contribution in [0.3, 0.4) is 0 Å². The molecule has 31 heavy (non-hydrogen) atoms. The van der Waals surface area contributed by atoms with Crippen LogP contribution in [0, 0.1) is 0 Å². The molecule has 0 fully saturated rings. The Kier molecular flexibility index (Phi) is 7.92. The summed E-state index contributed by atoms with van der Waals surface area (Å²) in [5, 5.41) is 5.09. The van der Waals surface area contributed by atoms with Crippen molar-refractivity contribution >= 4 is 10.0 Å². The Morgan fingerprint density at radius 2 is 1.48 bits per heavy atom. The molecule has 0 amide bonds. The molecule has 6 nitrogen and oxygen atoms in total. The monoisotopic (exact) mass is 441 g/mol. The molecule has 0 atom stereocenters. The second kappa shape index (κ2) is 10.8. The highest BCUT2D eigenvalue weighted by Crippen LogP contribution is 2.29. The summed E-state index contributed by atoms with van der Waals surface area (Å²) < 4.78 is 40.1. The average molecular weight is 442 g/mol. The zero-order valence-electron chi connectivity index (χ0n) is 17.5. The molecule has 0 bridgehead atoms. The van der Waals surface area contributed by atoms with Gasteiger partial charge in [-0.05, 0) is 66.6 Å². The molecule has 0 aliphatic heterocycles. The van der Waals surface area contributed by atoms with Gasteiger partial charge in [0.2, 0.25) is 10.0 Å². The highest BCUT2D eigenvalue weighted by atomic mass is 32.2. The molecular formula is C24H27NO5S. The summed E-state index contributed by atoms with van der Waals surface area (Å²) in [6.45, 7) is 3.08. The van der Waals surface area contributed by atoms with E-state index >= 15 is 0 Å². The van der Waals surface area contributed by atoms with E-state index in [-0.39, 0.29) is 4.90 Å². The number of hydrogen-bond acceptors (Lipinski definition) is 5. The maximum Gasteiger partial charge on any atom is 0.238 e. The predicted molar refractivity (Wildman–Crippen MR) is 120 cm³/mol. The fourth-order valence-corrected chi connectivity index (χ4v) is 3.52. The Bertz CT molecular complexity index is 1070. The Hall–Kier alpha value is -3.03. The lowest BCUT2D eigenvalue weighted by Gasteiger charge is -2.14. The molecule has 0 saturated heterocycles. The van der Waals surface area contributed by atoms with E-state index in [4.69, 9.17) is 19.3 Å². The van der Waals surface area contributed by atoms with E-state index in [1.807, 2.05) is 48.5 Å². The van der Waals surface area contributed by atoms with Crippen LogP contribution in [-0.4, -0.2) is 21.6 Å². The van der Waals surface area contributed by atoms with Crippen molar-refractivity contribution in [3.8, 4) is 23.0 Å². The number of aryl methyl sites for hydroxylation is 1. The van der Waals surface area contributed by atoms with Gasteiger partial charge in [-0.15, -0.1) is 0 Å². The predicted octanol–water partition coefficient (Wildman–Crippen LogP) is 4.93. The maximum atomic E-state index is 11.3. The van der Waals surface area contributed by atoms with Crippen LogP contribution < -0.4 is 19.3 Å². The number of sulfonamides is 1. The second-order valence-electron chi connectivity index (χ2n) is 7.00. The quantitative estimate of drug-likeness (QED) is 0.427. The van der Waals surface area contributed by atoms with Gasteiger partial charge in [0.15, 0.2) is 0 Å². The largest absolute Gasteiger partial charge is 0.493 e. The van der Waals surface area contributed by atoms with Gasteiger partial charge in [0.25, 0.3) is 0 Å². The molecule has 0 aliphatic rings. The first-order valence-corrected chi connectivity index (χ1v) is 11.7. The SMILES string of the molecule is CCCc1cc(Oc2ccccc2)ccc1OCCCOc1ccc(S(N)(=O)=O)cc1. The molecule has 0 saturated carbocycles. The van der Waals surface area contributed by atoms with Gasteiger partial charge in [0.1, 0.15) is 23.0 Å². The molecule has 7 heteroatoms. The number of hydrogen-bond donors (Lipinski definition) is 1. The first-order chi connectivity index (χ1) is 15.0. The topological polar surface area (TPSA) is 87.8 Å². The molecule has 0 unspecified atom stereocenters. The number of primary sulfonamides is 1. The zero-order chi connectivity index (χ0) is 22.1. The van der Waals surface area contributed by atoms with Crippen molar-refractivity contribution in [1.29, 1.82) is 0 Å². The lowest BCUT2D eigenvalue weighted by atomic mass is 10.1. The molecule has 0 radical (unpaired) electrons. The summed E-state index contributed by atoms with van der Waals surface area (Å²) in [5.41, 5.74) is 1.11. The fraction of sp³-hybridized carbons (Fsp3) is 0.250. The Labute approximate surface area is 183 Å². The minimum absolute atomic E-state index is 0.0614. The number of rotatable bonds is 11. The number of ether oxygens (including phenoxy) is 3. The summed E-state index contributed by atoms with van der Waals surface area (Å²) in [7, 11) is -3.69. The highest BCUT2D eigenvalue weighted by molar-refractivity contribution is 7.89. The van der Waals surface area contributed by atoms with Crippen molar-refractivity contribution in [2.75, 3.05) is 13.2 Å². The molecule has 0 aliphatic carbocycles. The second-order valence-corrected chi connectivity index (χ2v) is 8.56. The van der Waals surface area contributed by atoms with Crippen LogP contribution in [0.1, 0.15) is 25.3 Å². The van der Waals surface area contributed by atoms with Gasteiger partial charge in [0, 0.05) is 6.42 Å². The summed E-state index contributed by atoms with van der Waals surface area (Å²) in [5.74, 6) is 3.02. The van der Waals surface area contributed by atoms with Crippen LogP contribution >= 0.6 is 0 Å². The molecule has 3 rings (SSSR count). The van der Waals surface area contributed by atoms with Crippen molar-refractivity contribution in [3.63, 3.8) is 0 Å². The first kappa shape index (κ1) is 22.7. The van der Waals surface area contributed by atoms with E-state index in [1.54, 1.807) is 12.1 Å². The van der Waals surface area contributed by atoms with Gasteiger partial charge in [-0.25, -0.2) is 13.6 Å². The van der Waals surface area contributed by atoms with Crippen molar-refractivity contribution in [2.24, 2.45) is 5.14 Å². The summed E-state index contributed by atoms with van der Waals surface area (Å²) >= 11 is 0. The minimum Gasteiger partial charge on any atom is -0.493 e. The van der Waals surface area contributed by atoms with Crippen LogP contribution in [0.2, 0.25) is 0 Å². The van der Waals surface area contributed by atoms with Crippen LogP contribution in [0.4, 0.5) is 0 Å². The molecular weight excluding hydrogens is 414 g/mol. The third-order valence-corrected chi connectivity index (χ3v) is 5.43. The Morgan fingerprint density at radius 3 is 2.16 bits per heavy atom. The number of para-hydroxylation sites is 1. The molecule has 0 aromatic heterocycles. The van der Waals surface area contributed by atoms with Gasteiger partial charge in [-0.1, -0.05) is 31.5 Å². The van der Waals surface area contributed by atoms with Crippen molar-refractivity contribution in [1.82, 2.24) is 0 Å². The van der Waals surface area contributed by atoms with E-state index in [2.05, 4.69) is 6.92 Å². The standard InChI is InChI=1S/C24H27NO5S/c1-2-7-19-18-22(30-21-8-4-3-5-9-21)12-15-24(19)29-17-6-16-28-20-10-13-23(14-11-20)31(25,26)27/h3-5,8-15,18H,2,6-7,16-17H2,1H3,(H2,25,26,27). The molecule has 0 spiro atoms. The first-order valence-electron chi connectivity index (χ1n) is 10.2. The van der Waals surface area contributed by atoms with Crippen LogP contribution in [0.25, 0.3) is 0 Å². The van der Waals surface area contributed by atoms with E-state index in [0.717, 1.165) is 35.7 Å². The van der Waals surface area contributed by atoms with Gasteiger partial charge >= 0.3 is 0 Å². The van der Waals surface area contributed by atoms with E-state index in [0.29, 0.717) is 25.4 Å². The van der Waals surface area contributed by atoms with E-state index in [9.17, 15) is 8.42 Å². The summed E-state index contributed by atoms with van der Waals surface area (Å²) in [4.78, 5) is 0.0614. The third kappa shape index (κ3) is 7.01. The fourth-order valence-electron chi connectivity index (χ4n) is 3.01. The van der Waals surface area contributed by atoms with E-state index < -0.39 is 10.0 Å². The van der Waals surface area contributed by atoms with Gasteiger partial charge in [-0.2, -0.15) is 0 Å². The van der Waals surface area contributed by atoms with E-state index in [1.165, 1.54) is 12.1 Å². The Balaban J connectivity index is 1.50. The zero-order valence-corrected chi connectivity index (χ0v) is 18.3. The molecule has 3 aromatic rings. The summed E-state index contributed by atoms with van der Waals surface area (Å²) in [6, 6.07) is 21.6. The molecule has 164 valence electrons. The average Bonchev–Trinajstić information content (AvgIpc) is 2.75. The van der Waals surface area contributed by atoms with Crippen LogP contribution in [-0.2, 0) is 16.4 Å². The summed E-state index contributed by atoms with van der Waals surface area (Å²) in [6.07, 6.45) is 2.59. The minimum atomic E-state index is -3.69. The van der Waals surface area contributed by atoms with Crippen LogP contribution in [0.15, 0.2) is 77.7 Å². The Morgan fingerprint density at radius 1 is 0.806 bits per heavy atom. The molecule has 2 N–H and O–H groups in total. The number of benzene rings is 3. The normalized spacial score (nSPS) is 11.2. The smallest absolute Gasteiger partial charge is 0.238 e. The van der Waals surface area contributed by atoms with Crippen molar-refractivity contribution in [2.45, 2.75) is 31.1 Å². The van der Waals surface area contributed by atoms with Gasteiger partial charge < -0.3 is 14.2 Å². The van der Waals surface area contributed by atoms with Crippen molar-refractivity contribution < 1.29 is 22.6 Å². The van der Waals surface area contributed by atoms with Crippen molar-refractivity contribution in [3.05, 3.63) is 78.4 Å². The van der Waals surface area contributed by atoms with Crippen LogP contribution in [0.5, 0.6) is 23.0 Å². The lowest BCUT2D eigenvalue weighted by molar-refractivity contribution is 0.246. The van der Waals surface area contributed by atoms with Gasteiger partial charge in [0.05, 0.1) is 18.1 Å². The molecule has 3 aromatic carbocycles.